The molecule has 0 atom stereocenters. The van der Waals surface area contributed by atoms with Crippen LogP contribution < -0.4 is 4.74 Å². The summed E-state index contributed by atoms with van der Waals surface area (Å²) in [5, 5.41) is 8.93. The Hall–Kier alpha value is -1.62. The van der Waals surface area contributed by atoms with E-state index in [0.29, 0.717) is 6.42 Å². The van der Waals surface area contributed by atoms with Crippen molar-refractivity contribution < 1.29 is 23.8 Å². The van der Waals surface area contributed by atoms with Crippen LogP contribution in [0.3, 0.4) is 0 Å². The van der Waals surface area contributed by atoms with E-state index in [1.807, 2.05) is 13.8 Å². The second-order valence-corrected chi connectivity index (χ2v) is 4.51. The molecule has 0 aliphatic heterocycles. The highest BCUT2D eigenvalue weighted by atomic mass is 19.1. The molecule has 18 heavy (non-hydrogen) atoms. The van der Waals surface area contributed by atoms with Crippen LogP contribution in [0.4, 0.5) is 4.39 Å². The van der Waals surface area contributed by atoms with Gasteiger partial charge in [-0.15, -0.1) is 0 Å². The molecule has 0 spiro atoms. The highest BCUT2D eigenvalue weighted by molar-refractivity contribution is 5.90. The number of carboxylic acids is 1. The van der Waals surface area contributed by atoms with Crippen LogP contribution in [0.5, 0.6) is 5.75 Å². The first-order chi connectivity index (χ1) is 8.35. The van der Waals surface area contributed by atoms with E-state index in [1.165, 1.54) is 6.07 Å². The fraction of sp³-hybridized carbons (Fsp3) is 0.462. The lowest BCUT2D eigenvalue weighted by molar-refractivity contribution is 0.00536. The Morgan fingerprint density at radius 2 is 2.11 bits per heavy atom. The number of carbonyl (C=O) groups is 1. The van der Waals surface area contributed by atoms with Crippen LogP contribution in [0, 0.1) is 5.82 Å². The molecule has 0 fully saturated rings. The molecule has 0 saturated heterocycles. The van der Waals surface area contributed by atoms with Crippen molar-refractivity contribution in [3.63, 3.8) is 0 Å². The van der Waals surface area contributed by atoms with E-state index >= 15 is 0 Å². The molecule has 0 saturated carbocycles. The predicted molar refractivity (Wildman–Crippen MR) is 64.6 cm³/mol. The number of ether oxygens (including phenoxy) is 2. The minimum absolute atomic E-state index is 0.0365. The molecule has 0 unspecified atom stereocenters. The van der Waals surface area contributed by atoms with Crippen LogP contribution in [-0.2, 0) is 4.74 Å². The molecular weight excluding hydrogens is 239 g/mol. The van der Waals surface area contributed by atoms with E-state index < -0.39 is 11.8 Å². The Morgan fingerprint density at radius 1 is 1.44 bits per heavy atom. The number of halogens is 1. The maximum Gasteiger partial charge on any atom is 0.339 e. The highest BCUT2D eigenvalue weighted by Crippen LogP contribution is 2.21. The lowest BCUT2D eigenvalue weighted by Crippen LogP contribution is -2.25. The lowest BCUT2D eigenvalue weighted by Gasteiger charge is -2.22. The molecule has 0 radical (unpaired) electrons. The zero-order chi connectivity index (χ0) is 13.8. The first-order valence-electron chi connectivity index (χ1n) is 5.56. The van der Waals surface area contributed by atoms with Crippen LogP contribution in [0.1, 0.15) is 30.6 Å². The summed E-state index contributed by atoms with van der Waals surface area (Å²) in [7, 11) is 1.59. The van der Waals surface area contributed by atoms with E-state index in [1.54, 1.807) is 7.11 Å². The van der Waals surface area contributed by atoms with Crippen molar-refractivity contribution in [2.75, 3.05) is 13.7 Å². The van der Waals surface area contributed by atoms with Crippen LogP contribution in [-0.4, -0.2) is 30.4 Å². The van der Waals surface area contributed by atoms with Gasteiger partial charge in [0.05, 0.1) is 12.2 Å². The summed E-state index contributed by atoms with van der Waals surface area (Å²) in [5.41, 5.74) is -0.414. The second-order valence-electron chi connectivity index (χ2n) is 4.51. The highest BCUT2D eigenvalue weighted by Gasteiger charge is 2.17. The molecule has 1 rings (SSSR count). The van der Waals surface area contributed by atoms with Gasteiger partial charge in [-0.25, -0.2) is 9.18 Å². The Morgan fingerprint density at radius 3 is 2.67 bits per heavy atom. The van der Waals surface area contributed by atoms with Crippen LogP contribution in [0.25, 0.3) is 0 Å². The standard InChI is InChI=1S/C13H17FO4/c1-13(2,17-3)6-7-18-11-8-9(14)4-5-10(11)12(15)16/h4-5,8H,6-7H2,1-3H3,(H,15,16). The molecular formula is C13H17FO4. The van der Waals surface area contributed by atoms with Gasteiger partial charge in [-0.3, -0.25) is 0 Å². The van der Waals surface area contributed by atoms with Gasteiger partial charge in [-0.1, -0.05) is 0 Å². The first-order valence-corrected chi connectivity index (χ1v) is 5.56. The van der Waals surface area contributed by atoms with E-state index in [0.717, 1.165) is 12.1 Å². The first kappa shape index (κ1) is 14.4. The third kappa shape index (κ3) is 4.00. The van der Waals surface area contributed by atoms with Crippen LogP contribution in [0.15, 0.2) is 18.2 Å². The van der Waals surface area contributed by atoms with E-state index in [4.69, 9.17) is 14.6 Å². The van der Waals surface area contributed by atoms with Gasteiger partial charge in [0.15, 0.2) is 0 Å². The van der Waals surface area contributed by atoms with Gasteiger partial charge < -0.3 is 14.6 Å². The van der Waals surface area contributed by atoms with Crippen LogP contribution in [0.2, 0.25) is 0 Å². The summed E-state index contributed by atoms with van der Waals surface area (Å²) in [6, 6.07) is 3.35. The SMILES string of the molecule is COC(C)(C)CCOc1cc(F)ccc1C(=O)O. The van der Waals surface area contributed by atoms with Gasteiger partial charge in [0, 0.05) is 19.6 Å². The molecule has 1 aromatic carbocycles. The summed E-state index contributed by atoms with van der Waals surface area (Å²) >= 11 is 0. The van der Waals surface area contributed by atoms with Gasteiger partial charge in [0.25, 0.3) is 0 Å². The van der Waals surface area contributed by atoms with Crippen molar-refractivity contribution >= 4 is 5.97 Å². The fourth-order valence-corrected chi connectivity index (χ4v) is 1.30. The molecule has 100 valence electrons. The summed E-state index contributed by atoms with van der Waals surface area (Å²) in [4.78, 5) is 10.9. The normalized spacial score (nSPS) is 11.3. The molecule has 1 N–H and O–H groups in total. The Kier molecular flexibility index (Phi) is 4.67. The third-order valence-corrected chi connectivity index (χ3v) is 2.69. The minimum atomic E-state index is -1.14. The second kappa shape index (κ2) is 5.82. The predicted octanol–water partition coefficient (Wildman–Crippen LogP) is 2.72. The summed E-state index contributed by atoms with van der Waals surface area (Å²) in [6.45, 7) is 4.03. The number of carboxylic acid groups (broad SMARTS) is 1. The quantitative estimate of drug-likeness (QED) is 0.850. The van der Waals surface area contributed by atoms with Crippen molar-refractivity contribution in [3.05, 3.63) is 29.6 Å². The number of benzene rings is 1. The van der Waals surface area contributed by atoms with Gasteiger partial charge in [-0.05, 0) is 26.0 Å². The maximum absolute atomic E-state index is 13.0. The topological polar surface area (TPSA) is 55.8 Å². The zero-order valence-electron chi connectivity index (χ0n) is 10.7. The zero-order valence-corrected chi connectivity index (χ0v) is 10.7. The number of methoxy groups -OCH3 is 1. The fourth-order valence-electron chi connectivity index (χ4n) is 1.30. The Labute approximate surface area is 105 Å². The molecule has 0 aliphatic carbocycles. The largest absolute Gasteiger partial charge is 0.492 e. The average molecular weight is 256 g/mol. The monoisotopic (exact) mass is 256 g/mol. The molecule has 5 heteroatoms. The molecule has 0 aliphatic rings. The van der Waals surface area contributed by atoms with Crippen molar-refractivity contribution in [2.45, 2.75) is 25.9 Å². The van der Waals surface area contributed by atoms with E-state index in [-0.39, 0.29) is 23.5 Å². The maximum atomic E-state index is 13.0. The van der Waals surface area contributed by atoms with Gasteiger partial charge in [0.2, 0.25) is 0 Å². The van der Waals surface area contributed by atoms with Crippen molar-refractivity contribution in [1.29, 1.82) is 0 Å². The summed E-state index contributed by atoms with van der Waals surface area (Å²) < 4.78 is 23.6. The molecule has 4 nitrogen and oxygen atoms in total. The minimum Gasteiger partial charge on any atom is -0.492 e. The Balaban J connectivity index is 2.72. The van der Waals surface area contributed by atoms with Crippen LogP contribution >= 0.6 is 0 Å². The van der Waals surface area contributed by atoms with Gasteiger partial charge in [-0.2, -0.15) is 0 Å². The third-order valence-electron chi connectivity index (χ3n) is 2.69. The van der Waals surface area contributed by atoms with Gasteiger partial charge in [0.1, 0.15) is 17.1 Å². The lowest BCUT2D eigenvalue weighted by atomic mass is 10.1. The molecule has 0 amide bonds. The van der Waals surface area contributed by atoms with E-state index in [9.17, 15) is 9.18 Å². The van der Waals surface area contributed by atoms with Gasteiger partial charge >= 0.3 is 5.97 Å². The number of hydrogen-bond donors (Lipinski definition) is 1. The summed E-state index contributed by atoms with van der Waals surface area (Å²) in [5.74, 6) is -1.63. The molecule has 0 heterocycles. The number of rotatable bonds is 6. The van der Waals surface area contributed by atoms with Crippen molar-refractivity contribution in [2.24, 2.45) is 0 Å². The molecule has 0 aromatic heterocycles. The molecule has 1 aromatic rings. The summed E-state index contributed by atoms with van der Waals surface area (Å²) in [6.07, 6.45) is 0.569. The number of hydrogen-bond acceptors (Lipinski definition) is 3. The van der Waals surface area contributed by atoms with E-state index in [2.05, 4.69) is 0 Å². The van der Waals surface area contributed by atoms with Crippen molar-refractivity contribution in [3.8, 4) is 5.75 Å². The Bertz CT molecular complexity index is 429. The molecule has 0 bridgehead atoms. The van der Waals surface area contributed by atoms with Crippen molar-refractivity contribution in [1.82, 2.24) is 0 Å². The smallest absolute Gasteiger partial charge is 0.339 e. The number of aromatic carboxylic acids is 1. The average Bonchev–Trinajstić information content (AvgIpc) is 2.28.